The molecular weight excluding hydrogens is 202 g/mol. The van der Waals surface area contributed by atoms with Gasteiger partial charge in [-0.1, -0.05) is 5.10 Å². The van der Waals surface area contributed by atoms with E-state index in [-0.39, 0.29) is 12.5 Å². The smallest absolute Gasteiger partial charge is 0.316 e. The van der Waals surface area contributed by atoms with Gasteiger partial charge in [0.05, 0.1) is 13.1 Å². The summed E-state index contributed by atoms with van der Waals surface area (Å²) in [5.41, 5.74) is 0. The average molecular weight is 209 g/mol. The summed E-state index contributed by atoms with van der Waals surface area (Å²) in [6, 6.07) is 1.66. The van der Waals surface area contributed by atoms with Crippen LogP contribution in [0.25, 0.3) is 0 Å². The van der Waals surface area contributed by atoms with Gasteiger partial charge in [0.2, 0.25) is 0 Å². The highest BCUT2D eigenvalue weighted by atomic mass is 16.2. The number of carbonyl (C=O) groups excluding carboxylic acids is 2. The second-order valence-corrected chi connectivity index (χ2v) is 2.40. The Balaban J connectivity index is 2.49. The van der Waals surface area contributed by atoms with Crippen LogP contribution < -0.4 is 10.6 Å². The van der Waals surface area contributed by atoms with Gasteiger partial charge in [-0.05, 0) is 5.21 Å². The van der Waals surface area contributed by atoms with E-state index in [1.807, 2.05) is 0 Å². The molecular formula is C6H7N7O2. The minimum absolute atomic E-state index is 0.0744. The molecule has 0 bridgehead atoms. The third-order valence-electron chi connectivity index (χ3n) is 1.27. The van der Waals surface area contributed by atoms with Crippen LogP contribution in [-0.4, -0.2) is 38.6 Å². The lowest BCUT2D eigenvalue weighted by molar-refractivity contribution is -0.136. The van der Waals surface area contributed by atoms with Gasteiger partial charge in [0.15, 0.2) is 0 Å². The van der Waals surface area contributed by atoms with E-state index >= 15 is 0 Å². The van der Waals surface area contributed by atoms with Gasteiger partial charge in [0.1, 0.15) is 6.54 Å². The van der Waals surface area contributed by atoms with Gasteiger partial charge < -0.3 is 5.32 Å². The van der Waals surface area contributed by atoms with Gasteiger partial charge in [-0.2, -0.15) is 10.1 Å². The molecule has 9 heteroatoms. The first kappa shape index (κ1) is 10.6. The Kier molecular flexibility index (Phi) is 3.28. The number of rotatable bonds is 2. The van der Waals surface area contributed by atoms with Gasteiger partial charge >= 0.3 is 11.8 Å². The zero-order chi connectivity index (χ0) is 11.3. The molecule has 2 amide bonds. The minimum atomic E-state index is -0.946. The molecule has 0 fully saturated rings. The van der Waals surface area contributed by atoms with Crippen molar-refractivity contribution in [2.24, 2.45) is 7.05 Å². The van der Waals surface area contributed by atoms with Crippen LogP contribution in [0.4, 0.5) is 5.95 Å². The maximum absolute atomic E-state index is 11.1. The van der Waals surface area contributed by atoms with Crippen molar-refractivity contribution in [1.29, 1.82) is 5.26 Å². The van der Waals surface area contributed by atoms with Crippen LogP contribution in [0.2, 0.25) is 0 Å². The lowest BCUT2D eigenvalue weighted by atomic mass is 10.5. The summed E-state index contributed by atoms with van der Waals surface area (Å²) in [6.07, 6.45) is 0. The molecule has 0 atom stereocenters. The zero-order valence-electron chi connectivity index (χ0n) is 7.76. The average Bonchev–Trinajstić information content (AvgIpc) is 2.60. The first-order valence-corrected chi connectivity index (χ1v) is 3.83. The topological polar surface area (TPSA) is 126 Å². The van der Waals surface area contributed by atoms with E-state index in [2.05, 4.69) is 26.0 Å². The van der Waals surface area contributed by atoms with Crippen LogP contribution in [0.5, 0.6) is 0 Å². The first-order valence-electron chi connectivity index (χ1n) is 3.83. The molecule has 0 saturated heterocycles. The fourth-order valence-corrected chi connectivity index (χ4v) is 0.693. The fraction of sp³-hybridized carbons (Fsp3) is 0.333. The lowest BCUT2D eigenvalue weighted by Gasteiger charge is -1.98. The van der Waals surface area contributed by atoms with Crippen molar-refractivity contribution < 1.29 is 9.59 Å². The molecule has 0 aliphatic rings. The van der Waals surface area contributed by atoms with Crippen LogP contribution in [0.15, 0.2) is 0 Å². The Hall–Kier alpha value is -2.50. The number of tetrazole rings is 1. The van der Waals surface area contributed by atoms with Crippen LogP contribution in [0.1, 0.15) is 0 Å². The van der Waals surface area contributed by atoms with Crippen molar-refractivity contribution in [2.75, 3.05) is 11.9 Å². The number of nitrogens with one attached hydrogen (secondary N) is 2. The summed E-state index contributed by atoms with van der Waals surface area (Å²) in [7, 11) is 1.51. The summed E-state index contributed by atoms with van der Waals surface area (Å²) in [5.74, 6) is -1.95. The second-order valence-electron chi connectivity index (χ2n) is 2.40. The standard InChI is InChI=1S/C6H7N7O2/c1-13-11-6(10-12-13)9-5(15)4(14)8-3-2-7/h3H2,1H3,(H,8,14)(H,9,11,15). The number of aryl methyl sites for hydroxylation is 1. The monoisotopic (exact) mass is 209 g/mol. The van der Waals surface area contributed by atoms with E-state index in [9.17, 15) is 9.59 Å². The number of nitriles is 1. The highest BCUT2D eigenvalue weighted by Gasteiger charge is 2.14. The van der Waals surface area contributed by atoms with Gasteiger partial charge in [0.25, 0.3) is 5.95 Å². The van der Waals surface area contributed by atoms with Crippen LogP contribution in [0.3, 0.4) is 0 Å². The Morgan fingerprint density at radius 3 is 2.80 bits per heavy atom. The number of hydrogen-bond donors (Lipinski definition) is 2. The molecule has 2 N–H and O–H groups in total. The SMILES string of the molecule is Cn1nnc(NC(=O)C(=O)NCC#N)n1. The number of amides is 2. The van der Waals surface area contributed by atoms with E-state index in [0.29, 0.717) is 0 Å². The van der Waals surface area contributed by atoms with E-state index in [1.165, 1.54) is 7.05 Å². The van der Waals surface area contributed by atoms with Crippen molar-refractivity contribution >= 4 is 17.8 Å². The number of hydrogen-bond acceptors (Lipinski definition) is 6. The van der Waals surface area contributed by atoms with Crippen molar-refractivity contribution in [3.63, 3.8) is 0 Å². The Morgan fingerprint density at radius 2 is 2.27 bits per heavy atom. The zero-order valence-corrected chi connectivity index (χ0v) is 7.76. The summed E-state index contributed by atoms with van der Waals surface area (Å²) < 4.78 is 0. The molecule has 0 aliphatic heterocycles. The Morgan fingerprint density at radius 1 is 1.53 bits per heavy atom. The maximum Gasteiger partial charge on any atom is 0.316 e. The second kappa shape index (κ2) is 4.66. The number of carbonyl (C=O) groups is 2. The largest absolute Gasteiger partial charge is 0.335 e. The van der Waals surface area contributed by atoms with Crippen molar-refractivity contribution in [2.45, 2.75) is 0 Å². The van der Waals surface area contributed by atoms with Crippen LogP contribution in [0, 0.1) is 11.3 Å². The molecule has 0 aromatic carbocycles. The third kappa shape index (κ3) is 3.03. The molecule has 0 radical (unpaired) electrons. The predicted octanol–water partition coefficient (Wildman–Crippen LogP) is -2.21. The van der Waals surface area contributed by atoms with Crippen molar-refractivity contribution in [3.8, 4) is 6.07 Å². The molecule has 1 aromatic heterocycles. The summed E-state index contributed by atoms with van der Waals surface area (Å²) >= 11 is 0. The molecule has 78 valence electrons. The Bertz CT molecular complexity index is 417. The summed E-state index contributed by atoms with van der Waals surface area (Å²) in [5, 5.41) is 22.8. The van der Waals surface area contributed by atoms with E-state index in [4.69, 9.17) is 5.26 Å². The highest BCUT2D eigenvalue weighted by molar-refractivity contribution is 6.39. The minimum Gasteiger partial charge on any atom is -0.335 e. The molecule has 1 rings (SSSR count). The van der Waals surface area contributed by atoms with Crippen molar-refractivity contribution in [3.05, 3.63) is 0 Å². The van der Waals surface area contributed by atoms with Crippen molar-refractivity contribution in [1.82, 2.24) is 25.5 Å². The normalized spacial score (nSPS) is 9.07. The van der Waals surface area contributed by atoms with Gasteiger partial charge in [-0.15, -0.1) is 5.10 Å². The Labute approximate surface area is 84.1 Å². The van der Waals surface area contributed by atoms with Gasteiger partial charge in [-0.25, -0.2) is 0 Å². The van der Waals surface area contributed by atoms with Crippen LogP contribution >= 0.6 is 0 Å². The predicted molar refractivity (Wildman–Crippen MR) is 46.1 cm³/mol. The third-order valence-corrected chi connectivity index (χ3v) is 1.27. The van der Waals surface area contributed by atoms with E-state index < -0.39 is 11.8 Å². The fourth-order valence-electron chi connectivity index (χ4n) is 0.693. The van der Waals surface area contributed by atoms with Crippen LogP contribution in [-0.2, 0) is 16.6 Å². The quantitative estimate of drug-likeness (QED) is 0.420. The molecule has 0 aliphatic carbocycles. The maximum atomic E-state index is 11.1. The first-order chi connectivity index (χ1) is 7.13. The van der Waals surface area contributed by atoms with Gasteiger partial charge in [-0.3, -0.25) is 14.9 Å². The summed E-state index contributed by atoms with van der Waals surface area (Å²) in [4.78, 5) is 23.2. The molecule has 15 heavy (non-hydrogen) atoms. The van der Waals surface area contributed by atoms with Gasteiger partial charge in [0, 0.05) is 0 Å². The van der Waals surface area contributed by atoms with E-state index in [0.717, 1.165) is 4.80 Å². The molecule has 0 saturated carbocycles. The highest BCUT2D eigenvalue weighted by Crippen LogP contribution is 1.91. The lowest BCUT2D eigenvalue weighted by Crippen LogP contribution is -2.35. The summed E-state index contributed by atoms with van der Waals surface area (Å²) in [6.45, 7) is -0.236. The molecule has 0 spiro atoms. The molecule has 9 nitrogen and oxygen atoms in total. The molecule has 1 aromatic rings. The molecule has 0 unspecified atom stereocenters. The number of nitrogens with zero attached hydrogens (tertiary/aromatic N) is 5. The van der Waals surface area contributed by atoms with E-state index in [1.54, 1.807) is 6.07 Å². The number of anilines is 1. The molecule has 1 heterocycles. The number of aromatic nitrogens is 4.